The molecule has 1 fully saturated rings. The van der Waals surface area contributed by atoms with Crippen LogP contribution in [0.3, 0.4) is 0 Å². The molecule has 2 aliphatic rings. The molecule has 4 N–H and O–H groups in total. The monoisotopic (exact) mass is 438 g/mol. The third-order valence-electron chi connectivity index (χ3n) is 7.34. The molecule has 0 unspecified atom stereocenters. The molecule has 0 bridgehead atoms. The Morgan fingerprint density at radius 1 is 1.00 bits per heavy atom. The van der Waals surface area contributed by atoms with Crippen molar-refractivity contribution >= 4 is 11.0 Å². The highest BCUT2D eigenvalue weighted by Crippen LogP contribution is 2.56. The van der Waals surface area contributed by atoms with Gasteiger partial charge in [0.1, 0.15) is 28.1 Å². The van der Waals surface area contributed by atoms with Gasteiger partial charge < -0.3 is 29.6 Å². The molecule has 1 aliphatic heterocycles. The van der Waals surface area contributed by atoms with E-state index in [-0.39, 0.29) is 39.6 Å². The summed E-state index contributed by atoms with van der Waals surface area (Å²) in [5, 5.41) is 41.0. The number of fused-ring (bicyclic) bond motifs is 3. The first-order valence-electron chi connectivity index (χ1n) is 10.8. The SMILES string of the molecule is CC1(C)CCC[C@]2(C)Oc3c(O)ccc(-c4oc5cc(O)cc(O)c5c(=O)c4O)c3C[C@H]12. The van der Waals surface area contributed by atoms with Gasteiger partial charge in [-0.1, -0.05) is 13.8 Å². The molecule has 0 saturated heterocycles. The molecule has 1 aliphatic carbocycles. The second kappa shape index (κ2) is 6.58. The van der Waals surface area contributed by atoms with Crippen LogP contribution in [0, 0.1) is 11.3 Å². The summed E-state index contributed by atoms with van der Waals surface area (Å²) in [5.41, 5.74) is -0.210. The van der Waals surface area contributed by atoms with Gasteiger partial charge in [-0.3, -0.25) is 4.79 Å². The van der Waals surface area contributed by atoms with Crippen LogP contribution in [0.25, 0.3) is 22.3 Å². The van der Waals surface area contributed by atoms with Gasteiger partial charge in [-0.2, -0.15) is 0 Å². The summed E-state index contributed by atoms with van der Waals surface area (Å²) in [6.07, 6.45) is 3.53. The molecule has 2 atom stereocenters. The second-order valence-electron chi connectivity index (χ2n) is 9.90. The van der Waals surface area contributed by atoms with Gasteiger partial charge >= 0.3 is 0 Å². The first-order chi connectivity index (χ1) is 15.0. The maximum atomic E-state index is 12.8. The van der Waals surface area contributed by atoms with Crippen LogP contribution < -0.4 is 10.2 Å². The van der Waals surface area contributed by atoms with E-state index in [1.54, 1.807) is 6.07 Å². The van der Waals surface area contributed by atoms with E-state index in [4.69, 9.17) is 9.15 Å². The van der Waals surface area contributed by atoms with E-state index in [1.165, 1.54) is 12.1 Å². The normalized spacial score (nSPS) is 23.9. The lowest BCUT2D eigenvalue weighted by Gasteiger charge is -2.53. The number of benzene rings is 2. The molecule has 7 heteroatoms. The number of aromatic hydroxyl groups is 4. The Bertz CT molecular complexity index is 1320. The van der Waals surface area contributed by atoms with Crippen molar-refractivity contribution in [2.45, 2.75) is 52.1 Å². The van der Waals surface area contributed by atoms with Crippen LogP contribution in [-0.2, 0) is 6.42 Å². The number of phenols is 3. The summed E-state index contributed by atoms with van der Waals surface area (Å²) >= 11 is 0. The molecule has 0 amide bonds. The molecule has 1 aromatic heterocycles. The van der Waals surface area contributed by atoms with Crippen molar-refractivity contribution in [1.29, 1.82) is 0 Å². The summed E-state index contributed by atoms with van der Waals surface area (Å²) in [5.74, 6) is -1.02. The Balaban J connectivity index is 1.76. The Morgan fingerprint density at radius 3 is 2.50 bits per heavy atom. The minimum atomic E-state index is -0.805. The quantitative estimate of drug-likeness (QED) is 0.431. The minimum absolute atomic E-state index is 0.00271. The zero-order valence-corrected chi connectivity index (χ0v) is 18.2. The van der Waals surface area contributed by atoms with E-state index >= 15 is 0 Å². The van der Waals surface area contributed by atoms with E-state index in [1.807, 2.05) is 0 Å². The molecule has 32 heavy (non-hydrogen) atoms. The van der Waals surface area contributed by atoms with E-state index in [0.29, 0.717) is 23.3 Å². The van der Waals surface area contributed by atoms with Gasteiger partial charge in [-0.25, -0.2) is 0 Å². The lowest BCUT2D eigenvalue weighted by molar-refractivity contribution is -0.0826. The lowest BCUT2D eigenvalue weighted by Crippen LogP contribution is -2.54. The van der Waals surface area contributed by atoms with Crippen molar-refractivity contribution in [3.8, 4) is 40.1 Å². The van der Waals surface area contributed by atoms with Crippen LogP contribution in [0.5, 0.6) is 28.7 Å². The number of rotatable bonds is 1. The summed E-state index contributed by atoms with van der Waals surface area (Å²) in [6.45, 7) is 6.50. The van der Waals surface area contributed by atoms with E-state index in [0.717, 1.165) is 25.3 Å². The zero-order chi connectivity index (χ0) is 23.0. The maximum absolute atomic E-state index is 12.8. The van der Waals surface area contributed by atoms with Crippen LogP contribution >= 0.6 is 0 Å². The fraction of sp³-hybridized carbons (Fsp3) is 0.400. The Morgan fingerprint density at radius 2 is 1.75 bits per heavy atom. The van der Waals surface area contributed by atoms with Crippen LogP contribution in [0.2, 0.25) is 0 Å². The Hall–Kier alpha value is -3.35. The van der Waals surface area contributed by atoms with Crippen LogP contribution in [-0.4, -0.2) is 26.0 Å². The number of hydrogen-bond donors (Lipinski definition) is 4. The molecule has 0 radical (unpaired) electrons. The van der Waals surface area contributed by atoms with E-state index < -0.39 is 22.5 Å². The first-order valence-corrected chi connectivity index (χ1v) is 10.8. The van der Waals surface area contributed by atoms with Gasteiger partial charge in [0.15, 0.2) is 17.3 Å². The van der Waals surface area contributed by atoms with Crippen molar-refractivity contribution in [1.82, 2.24) is 0 Å². The fourth-order valence-corrected chi connectivity index (χ4v) is 5.72. The first kappa shape index (κ1) is 20.5. The lowest BCUT2D eigenvalue weighted by atomic mass is 9.59. The highest BCUT2D eigenvalue weighted by Gasteiger charge is 2.51. The largest absolute Gasteiger partial charge is 0.508 e. The molecule has 5 rings (SSSR count). The van der Waals surface area contributed by atoms with Gasteiger partial charge in [0.25, 0.3) is 0 Å². The van der Waals surface area contributed by atoms with Crippen molar-refractivity contribution < 1.29 is 29.6 Å². The number of phenolic OH excluding ortho intramolecular Hbond substituents is 3. The third-order valence-corrected chi connectivity index (χ3v) is 7.34. The highest BCUT2D eigenvalue weighted by molar-refractivity contribution is 5.88. The van der Waals surface area contributed by atoms with Gasteiger partial charge in [-0.15, -0.1) is 0 Å². The minimum Gasteiger partial charge on any atom is -0.508 e. The molecule has 3 aromatic rings. The molecule has 2 aromatic carbocycles. The highest BCUT2D eigenvalue weighted by atomic mass is 16.5. The molecule has 7 nitrogen and oxygen atoms in total. The van der Waals surface area contributed by atoms with Crippen LogP contribution in [0.1, 0.15) is 45.6 Å². The predicted octanol–water partition coefficient (Wildman–Crippen LogP) is 4.80. The molecular formula is C25H26O7. The molecule has 168 valence electrons. The predicted molar refractivity (Wildman–Crippen MR) is 118 cm³/mol. The summed E-state index contributed by atoms with van der Waals surface area (Å²) in [4.78, 5) is 12.8. The average Bonchev–Trinajstić information content (AvgIpc) is 2.70. The smallest absolute Gasteiger partial charge is 0.238 e. The van der Waals surface area contributed by atoms with Gasteiger partial charge in [0, 0.05) is 29.2 Å². The van der Waals surface area contributed by atoms with Gasteiger partial charge in [0.2, 0.25) is 11.2 Å². The van der Waals surface area contributed by atoms with Crippen molar-refractivity contribution in [2.24, 2.45) is 11.3 Å². The Labute approximate surface area is 184 Å². The maximum Gasteiger partial charge on any atom is 0.238 e. The summed E-state index contributed by atoms with van der Waals surface area (Å²) in [6, 6.07) is 5.27. The molecular weight excluding hydrogens is 412 g/mol. The fourth-order valence-electron chi connectivity index (χ4n) is 5.72. The van der Waals surface area contributed by atoms with Gasteiger partial charge in [-0.05, 0) is 50.2 Å². The van der Waals surface area contributed by atoms with Crippen molar-refractivity contribution in [3.05, 3.63) is 40.1 Å². The van der Waals surface area contributed by atoms with Crippen LogP contribution in [0.15, 0.2) is 33.5 Å². The molecule has 1 saturated carbocycles. The van der Waals surface area contributed by atoms with Crippen molar-refractivity contribution in [3.63, 3.8) is 0 Å². The average molecular weight is 438 g/mol. The second-order valence-corrected chi connectivity index (χ2v) is 9.90. The topological polar surface area (TPSA) is 120 Å². The van der Waals surface area contributed by atoms with E-state index in [9.17, 15) is 25.2 Å². The summed E-state index contributed by atoms with van der Waals surface area (Å²) in [7, 11) is 0. The van der Waals surface area contributed by atoms with Crippen molar-refractivity contribution in [2.75, 3.05) is 0 Å². The van der Waals surface area contributed by atoms with E-state index in [2.05, 4.69) is 20.8 Å². The van der Waals surface area contributed by atoms with Gasteiger partial charge in [0.05, 0.1) is 0 Å². The zero-order valence-electron chi connectivity index (χ0n) is 18.2. The molecule has 0 spiro atoms. The number of hydrogen-bond acceptors (Lipinski definition) is 7. The third kappa shape index (κ3) is 2.83. The number of ether oxygens (including phenoxy) is 1. The standard InChI is InChI=1S/C25H26O7/c1-24(2)7-4-8-25(3)18(24)11-14-13(5-6-15(27)22(14)32-25)23-21(30)20(29)19-16(28)9-12(26)10-17(19)31-23/h5-6,9-10,18,26-28,30H,4,7-8,11H2,1-3H3/t18-,25+/m1/s1. The summed E-state index contributed by atoms with van der Waals surface area (Å²) < 4.78 is 12.2. The van der Waals surface area contributed by atoms with Crippen LogP contribution in [0.4, 0.5) is 0 Å². The molecule has 2 heterocycles. The Kier molecular flexibility index (Phi) is 4.22.